The number of nitro groups is 1. The Bertz CT molecular complexity index is 863. The van der Waals surface area contributed by atoms with Crippen LogP contribution in [0.4, 0.5) is 17.1 Å². The van der Waals surface area contributed by atoms with Gasteiger partial charge in [0.25, 0.3) is 11.6 Å². The third kappa shape index (κ3) is 4.77. The molecule has 8 heteroatoms. The number of hydrogen-bond acceptors (Lipinski definition) is 6. The van der Waals surface area contributed by atoms with Gasteiger partial charge in [-0.2, -0.15) is 0 Å². The van der Waals surface area contributed by atoms with Crippen LogP contribution < -0.4 is 15.0 Å². The summed E-state index contributed by atoms with van der Waals surface area (Å²) >= 11 is 0. The zero-order valence-electron chi connectivity index (χ0n) is 15.9. The van der Waals surface area contributed by atoms with Gasteiger partial charge < -0.3 is 19.7 Å². The van der Waals surface area contributed by atoms with Crippen molar-refractivity contribution in [2.24, 2.45) is 0 Å². The average Bonchev–Trinajstić information content (AvgIpc) is 3.19. The van der Waals surface area contributed by atoms with Gasteiger partial charge in [0.2, 0.25) is 0 Å². The molecule has 1 saturated heterocycles. The van der Waals surface area contributed by atoms with Crippen molar-refractivity contribution in [3.05, 3.63) is 58.1 Å². The molecule has 3 rings (SSSR count). The smallest absolute Gasteiger partial charge is 0.270 e. The molecule has 28 heavy (non-hydrogen) atoms. The molecular formula is C20H23N3O5. The van der Waals surface area contributed by atoms with Crippen molar-refractivity contribution in [3.63, 3.8) is 0 Å². The quantitative estimate of drug-likeness (QED) is 0.579. The van der Waals surface area contributed by atoms with E-state index in [1.807, 2.05) is 6.07 Å². The summed E-state index contributed by atoms with van der Waals surface area (Å²) in [7, 11) is 3.55. The summed E-state index contributed by atoms with van der Waals surface area (Å²) in [5.74, 6) is 0.198. The van der Waals surface area contributed by atoms with E-state index in [-0.39, 0.29) is 17.4 Å². The predicted molar refractivity (Wildman–Crippen MR) is 106 cm³/mol. The van der Waals surface area contributed by atoms with Gasteiger partial charge >= 0.3 is 0 Å². The number of amides is 1. The van der Waals surface area contributed by atoms with Crippen LogP contribution in [-0.4, -0.2) is 44.2 Å². The highest BCUT2D eigenvalue weighted by molar-refractivity contribution is 6.08. The molecule has 1 aliphatic heterocycles. The largest absolute Gasteiger partial charge is 0.491 e. The first-order valence-electron chi connectivity index (χ1n) is 9.05. The Balaban J connectivity index is 1.74. The Morgan fingerprint density at radius 2 is 2.14 bits per heavy atom. The molecular weight excluding hydrogens is 362 g/mol. The number of benzene rings is 2. The molecule has 2 aromatic carbocycles. The van der Waals surface area contributed by atoms with Crippen molar-refractivity contribution in [1.82, 2.24) is 0 Å². The molecule has 1 aliphatic rings. The lowest BCUT2D eigenvalue weighted by molar-refractivity contribution is -0.384. The van der Waals surface area contributed by atoms with E-state index in [2.05, 4.69) is 5.32 Å². The van der Waals surface area contributed by atoms with Gasteiger partial charge in [0, 0.05) is 50.3 Å². The Morgan fingerprint density at radius 3 is 2.82 bits per heavy atom. The molecule has 0 radical (unpaired) electrons. The van der Waals surface area contributed by atoms with Crippen LogP contribution >= 0.6 is 0 Å². The molecule has 1 fully saturated rings. The Hall–Kier alpha value is -3.13. The van der Waals surface area contributed by atoms with Gasteiger partial charge in [-0.25, -0.2) is 0 Å². The minimum Gasteiger partial charge on any atom is -0.491 e. The van der Waals surface area contributed by atoms with Crippen LogP contribution in [0.2, 0.25) is 0 Å². The molecule has 0 aromatic heterocycles. The lowest BCUT2D eigenvalue weighted by Crippen LogP contribution is -2.19. The minimum absolute atomic E-state index is 0.103. The van der Waals surface area contributed by atoms with Gasteiger partial charge in [-0.1, -0.05) is 6.07 Å². The lowest BCUT2D eigenvalue weighted by atomic mass is 10.1. The van der Waals surface area contributed by atoms with Crippen molar-refractivity contribution in [2.45, 2.75) is 18.9 Å². The fourth-order valence-corrected chi connectivity index (χ4v) is 3.04. The van der Waals surface area contributed by atoms with Crippen molar-refractivity contribution in [3.8, 4) is 5.75 Å². The molecule has 1 N–H and O–H groups in total. The molecule has 0 bridgehead atoms. The van der Waals surface area contributed by atoms with E-state index in [1.54, 1.807) is 43.3 Å². The average molecular weight is 385 g/mol. The molecule has 1 amide bonds. The predicted octanol–water partition coefficient (Wildman–Crippen LogP) is 3.47. The third-order valence-electron chi connectivity index (χ3n) is 4.47. The SMILES string of the molecule is CN(C)c1ccc([N+](=O)[O-])cc1C(=O)Nc1cccc(OCC2CCCO2)c1. The van der Waals surface area contributed by atoms with E-state index in [1.165, 1.54) is 12.1 Å². The van der Waals surface area contributed by atoms with Crippen molar-refractivity contribution in [2.75, 3.05) is 37.5 Å². The zero-order valence-corrected chi connectivity index (χ0v) is 15.9. The fourth-order valence-electron chi connectivity index (χ4n) is 3.04. The van der Waals surface area contributed by atoms with Gasteiger partial charge in [0.05, 0.1) is 16.6 Å². The van der Waals surface area contributed by atoms with E-state index in [0.29, 0.717) is 23.7 Å². The van der Waals surface area contributed by atoms with Gasteiger partial charge in [-0.05, 0) is 31.0 Å². The summed E-state index contributed by atoms with van der Waals surface area (Å²) in [6.45, 7) is 1.23. The van der Waals surface area contributed by atoms with Crippen LogP contribution in [-0.2, 0) is 4.74 Å². The first kappa shape index (κ1) is 19.6. The van der Waals surface area contributed by atoms with Crippen molar-refractivity contribution >= 4 is 23.0 Å². The van der Waals surface area contributed by atoms with E-state index < -0.39 is 10.8 Å². The van der Waals surface area contributed by atoms with Gasteiger partial charge in [0.1, 0.15) is 12.4 Å². The van der Waals surface area contributed by atoms with E-state index >= 15 is 0 Å². The highest BCUT2D eigenvalue weighted by atomic mass is 16.6. The Kier molecular flexibility index (Phi) is 6.10. The van der Waals surface area contributed by atoms with Crippen molar-refractivity contribution < 1.29 is 19.2 Å². The molecule has 2 aromatic rings. The minimum atomic E-state index is -0.518. The molecule has 0 aliphatic carbocycles. The van der Waals surface area contributed by atoms with E-state index in [4.69, 9.17) is 9.47 Å². The molecule has 1 atom stereocenters. The third-order valence-corrected chi connectivity index (χ3v) is 4.47. The highest BCUT2D eigenvalue weighted by Crippen LogP contribution is 2.26. The van der Waals surface area contributed by atoms with Gasteiger partial charge in [-0.15, -0.1) is 0 Å². The summed E-state index contributed by atoms with van der Waals surface area (Å²) in [5, 5.41) is 13.9. The normalized spacial score (nSPS) is 15.9. The highest BCUT2D eigenvalue weighted by Gasteiger charge is 2.19. The first-order chi connectivity index (χ1) is 13.4. The van der Waals surface area contributed by atoms with Crippen LogP contribution in [0.15, 0.2) is 42.5 Å². The Labute approximate surface area is 163 Å². The molecule has 1 unspecified atom stereocenters. The fraction of sp³-hybridized carbons (Fsp3) is 0.350. The van der Waals surface area contributed by atoms with Gasteiger partial charge in [-0.3, -0.25) is 14.9 Å². The van der Waals surface area contributed by atoms with Crippen LogP contribution in [0.3, 0.4) is 0 Å². The number of nitrogens with one attached hydrogen (secondary N) is 1. The zero-order chi connectivity index (χ0) is 20.1. The number of non-ortho nitro benzene ring substituents is 1. The number of carbonyl (C=O) groups excluding carboxylic acids is 1. The van der Waals surface area contributed by atoms with Crippen LogP contribution in [0.25, 0.3) is 0 Å². The molecule has 148 valence electrons. The number of nitro benzene ring substituents is 1. The molecule has 0 spiro atoms. The summed E-state index contributed by atoms with van der Waals surface area (Å²) in [6, 6.07) is 11.3. The second-order valence-corrected chi connectivity index (χ2v) is 6.78. The van der Waals surface area contributed by atoms with E-state index in [9.17, 15) is 14.9 Å². The number of hydrogen-bond donors (Lipinski definition) is 1. The summed E-state index contributed by atoms with van der Waals surface area (Å²) < 4.78 is 11.3. The van der Waals surface area contributed by atoms with Crippen LogP contribution in [0.5, 0.6) is 5.75 Å². The standard InChI is InChI=1S/C20H23N3O5/c1-22(2)19-9-8-15(23(25)26)12-18(19)20(24)21-14-5-3-6-16(11-14)28-13-17-7-4-10-27-17/h3,5-6,8-9,11-12,17H,4,7,10,13H2,1-2H3,(H,21,24). The van der Waals surface area contributed by atoms with Gasteiger partial charge in [0.15, 0.2) is 0 Å². The number of nitrogens with zero attached hydrogens (tertiary/aromatic N) is 2. The molecule has 0 saturated carbocycles. The first-order valence-corrected chi connectivity index (χ1v) is 9.05. The molecule has 1 heterocycles. The summed E-state index contributed by atoms with van der Waals surface area (Å²) in [4.78, 5) is 25.1. The lowest BCUT2D eigenvalue weighted by Gasteiger charge is -2.17. The maximum atomic E-state index is 12.8. The van der Waals surface area contributed by atoms with Crippen LogP contribution in [0, 0.1) is 10.1 Å². The second kappa shape index (κ2) is 8.71. The number of ether oxygens (including phenoxy) is 2. The van der Waals surface area contributed by atoms with Crippen LogP contribution in [0.1, 0.15) is 23.2 Å². The topological polar surface area (TPSA) is 93.9 Å². The number of anilines is 2. The summed E-state index contributed by atoms with van der Waals surface area (Å²) in [5.41, 5.74) is 1.23. The maximum absolute atomic E-state index is 12.8. The second-order valence-electron chi connectivity index (χ2n) is 6.78. The maximum Gasteiger partial charge on any atom is 0.270 e. The summed E-state index contributed by atoms with van der Waals surface area (Å²) in [6.07, 6.45) is 2.13. The van der Waals surface area contributed by atoms with E-state index in [0.717, 1.165) is 19.4 Å². The monoisotopic (exact) mass is 385 g/mol. The molecule has 8 nitrogen and oxygen atoms in total. The Morgan fingerprint density at radius 1 is 1.32 bits per heavy atom. The number of rotatable bonds is 7. The van der Waals surface area contributed by atoms with Crippen molar-refractivity contribution in [1.29, 1.82) is 0 Å². The number of carbonyl (C=O) groups is 1.